The molecule has 0 atom stereocenters. The Morgan fingerprint density at radius 3 is 2.57 bits per heavy atom. The smallest absolute Gasteiger partial charge is 0.317 e. The van der Waals surface area contributed by atoms with Crippen molar-refractivity contribution in [2.24, 2.45) is 0 Å². The molecule has 0 bridgehead atoms. The molecule has 0 unspecified atom stereocenters. The van der Waals surface area contributed by atoms with Crippen LogP contribution in [0.5, 0.6) is 11.5 Å². The molecule has 0 aromatic heterocycles. The van der Waals surface area contributed by atoms with E-state index >= 15 is 0 Å². The van der Waals surface area contributed by atoms with E-state index in [-0.39, 0.29) is 6.54 Å². The number of hydrogen-bond donors (Lipinski definition) is 1. The highest BCUT2D eigenvalue weighted by atomic mass is 16.5. The number of carbonyl (C=O) groups is 1. The van der Waals surface area contributed by atoms with E-state index in [9.17, 15) is 4.79 Å². The lowest BCUT2D eigenvalue weighted by Crippen LogP contribution is -2.30. The van der Waals surface area contributed by atoms with Crippen molar-refractivity contribution in [3.63, 3.8) is 0 Å². The molecule has 0 aliphatic carbocycles. The maximum Gasteiger partial charge on any atom is 0.317 e. The molecule has 5 heteroatoms. The minimum Gasteiger partial charge on any atom is -0.493 e. The third kappa shape index (κ3) is 6.04. The molecule has 0 amide bonds. The molecule has 0 spiro atoms. The summed E-state index contributed by atoms with van der Waals surface area (Å²) < 4.78 is 11.0. The fourth-order valence-corrected chi connectivity index (χ4v) is 2.12. The van der Waals surface area contributed by atoms with E-state index in [0.29, 0.717) is 24.7 Å². The van der Waals surface area contributed by atoms with E-state index in [1.54, 1.807) is 7.11 Å². The lowest BCUT2D eigenvalue weighted by Gasteiger charge is -2.20. The summed E-state index contributed by atoms with van der Waals surface area (Å²) in [5.41, 5.74) is 1.02. The summed E-state index contributed by atoms with van der Waals surface area (Å²) in [7, 11) is 1.61. The number of carboxylic acids is 1. The van der Waals surface area contributed by atoms with Gasteiger partial charge >= 0.3 is 5.97 Å². The average molecular weight is 295 g/mol. The Hall–Kier alpha value is -1.75. The van der Waals surface area contributed by atoms with Crippen molar-refractivity contribution in [3.8, 4) is 11.5 Å². The zero-order chi connectivity index (χ0) is 15.7. The van der Waals surface area contributed by atoms with E-state index in [1.807, 2.05) is 36.9 Å². The first-order valence-electron chi connectivity index (χ1n) is 7.34. The first-order valence-corrected chi connectivity index (χ1v) is 7.34. The van der Waals surface area contributed by atoms with Gasteiger partial charge in [-0.3, -0.25) is 9.69 Å². The van der Waals surface area contributed by atoms with E-state index in [4.69, 9.17) is 14.6 Å². The maximum atomic E-state index is 10.9. The van der Waals surface area contributed by atoms with Crippen molar-refractivity contribution >= 4 is 5.97 Å². The van der Waals surface area contributed by atoms with Gasteiger partial charge in [-0.05, 0) is 37.1 Å². The van der Waals surface area contributed by atoms with Crippen LogP contribution < -0.4 is 9.47 Å². The Labute approximate surface area is 126 Å². The van der Waals surface area contributed by atoms with Gasteiger partial charge in [-0.2, -0.15) is 0 Å². The summed E-state index contributed by atoms with van der Waals surface area (Å²) in [4.78, 5) is 12.8. The van der Waals surface area contributed by atoms with Crippen LogP contribution in [-0.2, 0) is 11.3 Å². The molecule has 5 nitrogen and oxygen atoms in total. The number of ether oxygens (including phenoxy) is 2. The normalized spacial score (nSPS) is 10.7. The SMILES string of the molecule is CCCOc1cc(CN(CCC)CC(=O)O)ccc1OC. The van der Waals surface area contributed by atoms with Crippen molar-refractivity contribution in [2.45, 2.75) is 33.2 Å². The quantitative estimate of drug-likeness (QED) is 0.719. The van der Waals surface area contributed by atoms with Gasteiger partial charge in [0.25, 0.3) is 0 Å². The molecule has 118 valence electrons. The Morgan fingerprint density at radius 2 is 2.00 bits per heavy atom. The number of benzene rings is 1. The lowest BCUT2D eigenvalue weighted by atomic mass is 10.2. The molecule has 1 aromatic rings. The molecular formula is C16H25NO4. The van der Waals surface area contributed by atoms with Crippen LogP contribution in [0.3, 0.4) is 0 Å². The summed E-state index contributed by atoms with van der Waals surface area (Å²) in [6.07, 6.45) is 1.84. The van der Waals surface area contributed by atoms with Crippen LogP contribution in [0.25, 0.3) is 0 Å². The van der Waals surface area contributed by atoms with Gasteiger partial charge in [0.2, 0.25) is 0 Å². The minimum atomic E-state index is -0.806. The van der Waals surface area contributed by atoms with E-state index in [0.717, 1.165) is 24.9 Å². The Morgan fingerprint density at radius 1 is 1.24 bits per heavy atom. The Kier molecular flexibility index (Phi) is 7.61. The van der Waals surface area contributed by atoms with Gasteiger partial charge in [-0.15, -0.1) is 0 Å². The molecule has 1 aromatic carbocycles. The minimum absolute atomic E-state index is 0.0466. The molecular weight excluding hydrogens is 270 g/mol. The van der Waals surface area contributed by atoms with Gasteiger partial charge in [0.1, 0.15) is 0 Å². The Bertz CT molecular complexity index is 448. The number of nitrogens with zero attached hydrogens (tertiary/aromatic N) is 1. The predicted molar refractivity (Wildman–Crippen MR) is 82.0 cm³/mol. The van der Waals surface area contributed by atoms with Crippen molar-refractivity contribution in [1.82, 2.24) is 4.90 Å². The van der Waals surface area contributed by atoms with Crippen LogP contribution in [0.2, 0.25) is 0 Å². The van der Waals surface area contributed by atoms with Gasteiger partial charge in [-0.25, -0.2) is 0 Å². The van der Waals surface area contributed by atoms with Gasteiger partial charge in [0, 0.05) is 6.54 Å². The zero-order valence-electron chi connectivity index (χ0n) is 13.1. The van der Waals surface area contributed by atoms with E-state index in [2.05, 4.69) is 0 Å². The van der Waals surface area contributed by atoms with Gasteiger partial charge in [-0.1, -0.05) is 19.9 Å². The number of aliphatic carboxylic acids is 1. The maximum absolute atomic E-state index is 10.9. The van der Waals surface area contributed by atoms with Crippen LogP contribution in [-0.4, -0.2) is 42.8 Å². The average Bonchev–Trinajstić information content (AvgIpc) is 2.45. The molecule has 1 N–H and O–H groups in total. The van der Waals surface area contributed by atoms with Crippen molar-refractivity contribution in [1.29, 1.82) is 0 Å². The topological polar surface area (TPSA) is 59.0 Å². The van der Waals surface area contributed by atoms with Gasteiger partial charge < -0.3 is 14.6 Å². The van der Waals surface area contributed by atoms with E-state index < -0.39 is 5.97 Å². The molecule has 0 heterocycles. The van der Waals surface area contributed by atoms with Crippen LogP contribution in [0.1, 0.15) is 32.3 Å². The third-order valence-electron chi connectivity index (χ3n) is 2.99. The van der Waals surface area contributed by atoms with Crippen molar-refractivity contribution < 1.29 is 19.4 Å². The van der Waals surface area contributed by atoms with Crippen molar-refractivity contribution in [2.75, 3.05) is 26.8 Å². The number of methoxy groups -OCH3 is 1. The standard InChI is InChI=1S/C16H25NO4/c1-4-8-17(12-16(18)19)11-13-6-7-14(20-3)15(10-13)21-9-5-2/h6-7,10H,4-5,8-9,11-12H2,1-3H3,(H,18,19). The molecule has 0 fully saturated rings. The second-order valence-electron chi connectivity index (χ2n) is 4.94. The number of rotatable bonds is 10. The molecule has 0 radical (unpaired) electrons. The third-order valence-corrected chi connectivity index (χ3v) is 2.99. The summed E-state index contributed by atoms with van der Waals surface area (Å²) in [5.74, 6) is 0.607. The fourth-order valence-electron chi connectivity index (χ4n) is 2.12. The summed E-state index contributed by atoms with van der Waals surface area (Å²) in [5, 5.41) is 8.96. The first-order chi connectivity index (χ1) is 10.1. The first kappa shape index (κ1) is 17.3. The predicted octanol–water partition coefficient (Wildman–Crippen LogP) is 2.78. The molecule has 0 aliphatic heterocycles. The van der Waals surface area contributed by atoms with Crippen molar-refractivity contribution in [3.05, 3.63) is 23.8 Å². The highest BCUT2D eigenvalue weighted by molar-refractivity contribution is 5.69. The lowest BCUT2D eigenvalue weighted by molar-refractivity contribution is -0.138. The van der Waals surface area contributed by atoms with Crippen LogP contribution in [0.15, 0.2) is 18.2 Å². The molecule has 0 saturated heterocycles. The second kappa shape index (κ2) is 9.23. The monoisotopic (exact) mass is 295 g/mol. The van der Waals surface area contributed by atoms with E-state index in [1.165, 1.54) is 0 Å². The molecule has 0 saturated carbocycles. The molecule has 1 rings (SSSR count). The largest absolute Gasteiger partial charge is 0.493 e. The molecule has 0 aliphatic rings. The Balaban J connectivity index is 2.82. The number of carboxylic acid groups (broad SMARTS) is 1. The van der Waals surface area contributed by atoms with Gasteiger partial charge in [0.05, 0.1) is 20.3 Å². The summed E-state index contributed by atoms with van der Waals surface area (Å²) in [6.45, 7) is 6.11. The highest BCUT2D eigenvalue weighted by Crippen LogP contribution is 2.28. The summed E-state index contributed by atoms with van der Waals surface area (Å²) in [6, 6.07) is 5.74. The fraction of sp³-hybridized carbons (Fsp3) is 0.562. The highest BCUT2D eigenvalue weighted by Gasteiger charge is 2.12. The molecule has 21 heavy (non-hydrogen) atoms. The van der Waals surface area contributed by atoms with Crippen LogP contribution in [0.4, 0.5) is 0 Å². The van der Waals surface area contributed by atoms with Crippen LogP contribution >= 0.6 is 0 Å². The summed E-state index contributed by atoms with van der Waals surface area (Å²) >= 11 is 0. The second-order valence-corrected chi connectivity index (χ2v) is 4.94. The number of hydrogen-bond acceptors (Lipinski definition) is 4. The van der Waals surface area contributed by atoms with Gasteiger partial charge in [0.15, 0.2) is 11.5 Å². The zero-order valence-corrected chi connectivity index (χ0v) is 13.1. The van der Waals surface area contributed by atoms with Crippen LogP contribution in [0, 0.1) is 0 Å².